The first-order valence-electron chi connectivity index (χ1n) is 32.6. The van der Waals surface area contributed by atoms with Crippen LogP contribution in [0.1, 0.15) is 303 Å². The first kappa shape index (κ1) is 74.7. The van der Waals surface area contributed by atoms with Crippen LogP contribution in [0.3, 0.4) is 0 Å². The second kappa shape index (κ2) is 57.0. The van der Waals surface area contributed by atoms with Crippen molar-refractivity contribution in [3.05, 3.63) is 60.8 Å². The van der Waals surface area contributed by atoms with Crippen LogP contribution in [-0.2, 0) is 27.9 Å². The number of hydrogen-bond acceptors (Lipinski definition) is 6. The zero-order valence-electron chi connectivity index (χ0n) is 51.5. The lowest BCUT2D eigenvalue weighted by Crippen LogP contribution is -2.47. The highest BCUT2D eigenvalue weighted by atomic mass is 31.2. The Morgan fingerprint density at radius 3 is 1.23 bits per heavy atom. The molecule has 3 atom stereocenters. The predicted octanol–water partition coefficient (Wildman–Crippen LogP) is 20.2. The molecule has 0 rings (SSSR count). The molecule has 1 amide bonds. The standard InChI is InChI=1S/C67H125N2O7P/c1-7-10-13-16-19-22-25-28-29-30-31-32-33-34-35-36-37-38-39-42-44-47-50-53-56-59-66(70)68-64(63-75-77(72,73)74-62-61-69(4,5)6)65(58-55-52-49-46-43-40-26-23-20-17-14-11-8-2)76-67(71)60-57-54-51-48-45-41-27-24-21-18-15-12-9-3/h19,22,28-29,31-32,41,45,55,58,64-65H,7-18,20-21,23-27,30,33-40,42-44,46-54,56-57,59-63H2,1-6H3,(H-,68,70,72,73)/p+1/b22-19-,29-28-,32-31-,45-41-,58-55-. The number of phosphoric acid groups is 1. The summed E-state index contributed by atoms with van der Waals surface area (Å²) >= 11 is 0. The molecule has 0 aromatic heterocycles. The fraction of sp³-hybridized carbons (Fsp3) is 0.821. The Morgan fingerprint density at radius 1 is 0.455 bits per heavy atom. The average molecular weight is 1100 g/mol. The van der Waals surface area contributed by atoms with E-state index in [4.69, 9.17) is 13.8 Å². The van der Waals surface area contributed by atoms with Crippen LogP contribution in [-0.4, -0.2) is 74.3 Å². The highest BCUT2D eigenvalue weighted by Crippen LogP contribution is 2.43. The van der Waals surface area contributed by atoms with Crippen molar-refractivity contribution in [2.24, 2.45) is 0 Å². The molecule has 0 saturated heterocycles. The van der Waals surface area contributed by atoms with Gasteiger partial charge in [0.05, 0.1) is 33.8 Å². The van der Waals surface area contributed by atoms with Gasteiger partial charge in [0.15, 0.2) is 0 Å². The van der Waals surface area contributed by atoms with E-state index in [0.29, 0.717) is 23.9 Å². The van der Waals surface area contributed by atoms with Crippen molar-refractivity contribution >= 4 is 19.7 Å². The lowest BCUT2D eigenvalue weighted by Gasteiger charge is -2.27. The van der Waals surface area contributed by atoms with E-state index in [0.717, 1.165) is 77.0 Å². The highest BCUT2D eigenvalue weighted by Gasteiger charge is 2.30. The third-order valence-electron chi connectivity index (χ3n) is 14.4. The first-order chi connectivity index (χ1) is 37.4. The highest BCUT2D eigenvalue weighted by molar-refractivity contribution is 7.47. The molecule has 10 heteroatoms. The van der Waals surface area contributed by atoms with Gasteiger partial charge in [0.25, 0.3) is 0 Å². The average Bonchev–Trinajstić information content (AvgIpc) is 3.39. The zero-order chi connectivity index (χ0) is 56.4. The predicted molar refractivity (Wildman–Crippen MR) is 332 cm³/mol. The summed E-state index contributed by atoms with van der Waals surface area (Å²) in [7, 11) is 1.49. The summed E-state index contributed by atoms with van der Waals surface area (Å²) in [6.07, 6.45) is 72.2. The fourth-order valence-corrected chi connectivity index (χ4v) is 10.1. The SMILES string of the molecule is CCCCC/C=C\C/C=C\C/C=C\CCCCCCCCCCCCCCC(=O)NC(COP(=O)(O)OCC[N+](C)(C)C)C(/C=C\CCCCCCCCCCCCC)OC(=O)CCCCC/C=C\CCCCCCCC. The number of amides is 1. The van der Waals surface area contributed by atoms with E-state index in [1.54, 1.807) is 0 Å². The Labute approximate surface area is 477 Å². The van der Waals surface area contributed by atoms with Gasteiger partial charge in [0.2, 0.25) is 5.91 Å². The molecule has 0 radical (unpaired) electrons. The van der Waals surface area contributed by atoms with Crippen molar-refractivity contribution in [1.82, 2.24) is 5.32 Å². The molecule has 9 nitrogen and oxygen atoms in total. The van der Waals surface area contributed by atoms with E-state index in [1.165, 1.54) is 186 Å². The van der Waals surface area contributed by atoms with Gasteiger partial charge >= 0.3 is 13.8 Å². The maximum absolute atomic E-state index is 13.6. The van der Waals surface area contributed by atoms with E-state index in [9.17, 15) is 19.0 Å². The van der Waals surface area contributed by atoms with Crippen molar-refractivity contribution in [2.75, 3.05) is 40.9 Å². The van der Waals surface area contributed by atoms with Gasteiger partial charge in [-0.3, -0.25) is 18.6 Å². The van der Waals surface area contributed by atoms with Crippen molar-refractivity contribution < 1.29 is 37.3 Å². The number of likely N-dealkylation sites (N-methyl/N-ethyl adjacent to an activating group) is 1. The molecule has 3 unspecified atom stereocenters. The lowest BCUT2D eigenvalue weighted by atomic mass is 10.0. The van der Waals surface area contributed by atoms with Gasteiger partial charge in [-0.15, -0.1) is 0 Å². The molecule has 0 aliphatic rings. The normalized spacial score (nSPS) is 14.0. The Kier molecular flexibility index (Phi) is 55.3. The monoisotopic (exact) mass is 1100 g/mol. The molecule has 0 saturated carbocycles. The smallest absolute Gasteiger partial charge is 0.456 e. The van der Waals surface area contributed by atoms with Gasteiger partial charge in [-0.2, -0.15) is 0 Å². The summed E-state index contributed by atoms with van der Waals surface area (Å²) in [5.74, 6) is -0.518. The summed E-state index contributed by atoms with van der Waals surface area (Å²) < 4.78 is 30.7. The summed E-state index contributed by atoms with van der Waals surface area (Å²) in [6.45, 7) is 6.99. The first-order valence-corrected chi connectivity index (χ1v) is 34.1. The minimum Gasteiger partial charge on any atom is -0.456 e. The second-order valence-electron chi connectivity index (χ2n) is 23.3. The maximum atomic E-state index is 13.6. The number of carbonyl (C=O) groups is 2. The maximum Gasteiger partial charge on any atom is 0.472 e. The number of quaternary nitrogens is 1. The molecule has 0 aromatic rings. The Bertz CT molecular complexity index is 1500. The van der Waals surface area contributed by atoms with Crippen molar-refractivity contribution in [3.8, 4) is 0 Å². The molecule has 0 spiro atoms. The lowest BCUT2D eigenvalue weighted by molar-refractivity contribution is -0.870. The Hall–Kier alpha value is -2.29. The molecule has 0 bridgehead atoms. The molecule has 0 heterocycles. The molecule has 0 fully saturated rings. The molecule has 450 valence electrons. The molecule has 0 aliphatic heterocycles. The number of esters is 1. The van der Waals surface area contributed by atoms with Crippen LogP contribution in [0.15, 0.2) is 60.8 Å². The van der Waals surface area contributed by atoms with Crippen molar-refractivity contribution in [3.63, 3.8) is 0 Å². The molecular weight excluding hydrogens is 976 g/mol. The van der Waals surface area contributed by atoms with Crippen molar-refractivity contribution in [2.45, 2.75) is 315 Å². The number of nitrogens with zero attached hydrogens (tertiary/aromatic N) is 1. The van der Waals surface area contributed by atoms with Crippen LogP contribution in [0, 0.1) is 0 Å². The molecule has 77 heavy (non-hydrogen) atoms. The number of phosphoric ester groups is 1. The third kappa shape index (κ3) is 58.2. The van der Waals surface area contributed by atoms with Crippen LogP contribution in [0.25, 0.3) is 0 Å². The van der Waals surface area contributed by atoms with E-state index >= 15 is 0 Å². The van der Waals surface area contributed by atoms with E-state index in [2.05, 4.69) is 74.7 Å². The Balaban J connectivity index is 5.13. The Morgan fingerprint density at radius 2 is 0.792 bits per heavy atom. The molecule has 0 aliphatic carbocycles. The van der Waals surface area contributed by atoms with Crippen LogP contribution in [0.2, 0.25) is 0 Å². The quantitative estimate of drug-likeness (QED) is 0.0205. The van der Waals surface area contributed by atoms with Crippen LogP contribution < -0.4 is 5.32 Å². The largest absolute Gasteiger partial charge is 0.472 e. The number of rotatable bonds is 59. The minimum atomic E-state index is -4.45. The van der Waals surface area contributed by atoms with Gasteiger partial charge in [-0.1, -0.05) is 255 Å². The van der Waals surface area contributed by atoms with Crippen molar-refractivity contribution in [1.29, 1.82) is 0 Å². The van der Waals surface area contributed by atoms with Gasteiger partial charge in [-0.25, -0.2) is 4.57 Å². The third-order valence-corrected chi connectivity index (χ3v) is 15.4. The van der Waals surface area contributed by atoms with E-state index < -0.39 is 20.0 Å². The number of carbonyl (C=O) groups excluding carboxylic acids is 2. The minimum absolute atomic E-state index is 0.0374. The summed E-state index contributed by atoms with van der Waals surface area (Å²) in [5, 5.41) is 3.06. The second-order valence-corrected chi connectivity index (χ2v) is 24.7. The number of hydrogen-bond donors (Lipinski definition) is 2. The van der Waals surface area contributed by atoms with E-state index in [-0.39, 0.29) is 31.5 Å². The summed E-state index contributed by atoms with van der Waals surface area (Å²) in [6, 6.07) is -0.855. The number of nitrogens with one attached hydrogen (secondary N) is 1. The fourth-order valence-electron chi connectivity index (χ4n) is 9.35. The number of ether oxygens (including phenoxy) is 1. The number of unbranched alkanes of at least 4 members (excludes halogenated alkanes) is 35. The summed E-state index contributed by atoms with van der Waals surface area (Å²) in [5.41, 5.74) is 0. The molecule has 2 N–H and O–H groups in total. The van der Waals surface area contributed by atoms with Gasteiger partial charge in [-0.05, 0) is 96.0 Å². The molecule has 0 aromatic carbocycles. The topological polar surface area (TPSA) is 111 Å². The molecular formula is C67H126N2O7P+. The van der Waals surface area contributed by atoms with Gasteiger partial charge in [0, 0.05) is 12.8 Å². The van der Waals surface area contributed by atoms with Crippen LogP contribution in [0.5, 0.6) is 0 Å². The summed E-state index contributed by atoms with van der Waals surface area (Å²) in [4.78, 5) is 37.7. The van der Waals surface area contributed by atoms with E-state index in [1.807, 2.05) is 33.3 Å². The van der Waals surface area contributed by atoms with Crippen LogP contribution in [0.4, 0.5) is 0 Å². The van der Waals surface area contributed by atoms with Gasteiger partial charge in [0.1, 0.15) is 19.3 Å². The zero-order valence-corrected chi connectivity index (χ0v) is 52.3. The number of allylic oxidation sites excluding steroid dienone is 9. The van der Waals surface area contributed by atoms with Crippen LogP contribution >= 0.6 is 7.82 Å². The van der Waals surface area contributed by atoms with Gasteiger partial charge < -0.3 is 19.4 Å².